The summed E-state index contributed by atoms with van der Waals surface area (Å²) in [4.78, 5) is 24.7. The molecular formula is C11H12N4O2S. The van der Waals surface area contributed by atoms with Gasteiger partial charge in [0.1, 0.15) is 0 Å². The van der Waals surface area contributed by atoms with E-state index in [1.165, 1.54) is 19.5 Å². The Morgan fingerprint density at radius 2 is 2.11 bits per heavy atom. The Morgan fingerprint density at radius 1 is 1.33 bits per heavy atom. The average Bonchev–Trinajstić information content (AvgIpc) is 2.68. The van der Waals surface area contributed by atoms with Gasteiger partial charge in [0.05, 0.1) is 25.2 Å². The fourth-order valence-electron chi connectivity index (χ4n) is 1.24. The van der Waals surface area contributed by atoms with Crippen LogP contribution in [-0.4, -0.2) is 28.0 Å². The van der Waals surface area contributed by atoms with Gasteiger partial charge in [-0.2, -0.15) is 0 Å². The number of nitrogens with zero attached hydrogens (tertiary/aromatic N) is 3. The van der Waals surface area contributed by atoms with Crippen LogP contribution in [0.4, 0.5) is 10.9 Å². The van der Waals surface area contributed by atoms with Gasteiger partial charge in [0.15, 0.2) is 16.6 Å². The first-order valence-corrected chi connectivity index (χ1v) is 6.03. The number of esters is 1. The molecule has 0 amide bonds. The van der Waals surface area contributed by atoms with Crippen molar-refractivity contribution in [3.05, 3.63) is 28.7 Å². The number of aromatic nitrogens is 3. The van der Waals surface area contributed by atoms with Gasteiger partial charge in [-0.25, -0.2) is 19.7 Å². The lowest BCUT2D eigenvalue weighted by Crippen LogP contribution is -2.05. The zero-order valence-corrected chi connectivity index (χ0v) is 11.0. The van der Waals surface area contributed by atoms with Crippen molar-refractivity contribution in [3.63, 3.8) is 0 Å². The topological polar surface area (TPSA) is 77.0 Å². The average molecular weight is 264 g/mol. The maximum absolute atomic E-state index is 11.2. The van der Waals surface area contributed by atoms with E-state index in [2.05, 4.69) is 25.0 Å². The summed E-state index contributed by atoms with van der Waals surface area (Å²) < 4.78 is 4.54. The van der Waals surface area contributed by atoms with Gasteiger partial charge in [-0.1, -0.05) is 0 Å². The molecule has 0 saturated heterocycles. The van der Waals surface area contributed by atoms with Crippen LogP contribution in [-0.2, 0) is 4.74 Å². The summed E-state index contributed by atoms with van der Waals surface area (Å²) in [6.07, 6.45) is 2.83. The molecular weight excluding hydrogens is 252 g/mol. The van der Waals surface area contributed by atoms with Crippen molar-refractivity contribution in [2.24, 2.45) is 0 Å². The molecule has 2 aromatic rings. The quantitative estimate of drug-likeness (QED) is 0.855. The first-order chi connectivity index (χ1) is 8.60. The van der Waals surface area contributed by atoms with Crippen molar-refractivity contribution in [2.45, 2.75) is 13.8 Å². The number of ether oxygens (including phenoxy) is 1. The second kappa shape index (κ2) is 5.09. The molecule has 0 aliphatic rings. The summed E-state index contributed by atoms with van der Waals surface area (Å²) in [5, 5.41) is 3.79. The highest BCUT2D eigenvalue weighted by atomic mass is 32.1. The lowest BCUT2D eigenvalue weighted by molar-refractivity contribution is 0.0593. The molecule has 0 bridgehead atoms. The second-order valence-corrected chi connectivity index (χ2v) is 4.77. The third-order valence-corrected chi connectivity index (χ3v) is 3.30. The number of carbonyl (C=O) groups is 1. The standard InChI is InChI=1S/C11H12N4O2S/c1-6-7(2)18-11(14-6)15-9-5-12-8(4-13-9)10(16)17-3/h4-5H,1-3H3,(H,13,14,15). The van der Waals surface area contributed by atoms with E-state index in [1.807, 2.05) is 13.8 Å². The van der Waals surface area contributed by atoms with E-state index < -0.39 is 5.97 Å². The molecule has 0 saturated carbocycles. The monoisotopic (exact) mass is 264 g/mol. The van der Waals surface area contributed by atoms with Crippen molar-refractivity contribution in [3.8, 4) is 0 Å². The minimum Gasteiger partial charge on any atom is -0.464 e. The van der Waals surface area contributed by atoms with Gasteiger partial charge in [0.25, 0.3) is 0 Å². The summed E-state index contributed by atoms with van der Waals surface area (Å²) >= 11 is 1.54. The van der Waals surface area contributed by atoms with E-state index in [9.17, 15) is 4.79 Å². The van der Waals surface area contributed by atoms with Crippen LogP contribution >= 0.6 is 11.3 Å². The van der Waals surface area contributed by atoms with Crippen LogP contribution in [0, 0.1) is 13.8 Å². The fraction of sp³-hybridized carbons (Fsp3) is 0.273. The minimum atomic E-state index is -0.505. The highest BCUT2D eigenvalue weighted by Crippen LogP contribution is 2.23. The molecule has 0 aliphatic carbocycles. The number of methoxy groups -OCH3 is 1. The largest absolute Gasteiger partial charge is 0.464 e. The van der Waals surface area contributed by atoms with Crippen molar-refractivity contribution in [1.29, 1.82) is 0 Å². The number of carbonyl (C=O) groups excluding carboxylic acids is 1. The number of anilines is 2. The Balaban J connectivity index is 2.13. The molecule has 94 valence electrons. The van der Waals surface area contributed by atoms with Crippen LogP contribution in [0.15, 0.2) is 12.4 Å². The molecule has 0 fully saturated rings. The van der Waals surface area contributed by atoms with E-state index in [1.54, 1.807) is 11.3 Å². The number of hydrogen-bond acceptors (Lipinski definition) is 7. The van der Waals surface area contributed by atoms with E-state index in [4.69, 9.17) is 0 Å². The number of rotatable bonds is 3. The van der Waals surface area contributed by atoms with E-state index in [0.717, 1.165) is 15.7 Å². The number of aryl methyl sites for hydroxylation is 2. The van der Waals surface area contributed by atoms with E-state index in [0.29, 0.717) is 5.82 Å². The van der Waals surface area contributed by atoms with Crippen molar-refractivity contribution in [1.82, 2.24) is 15.0 Å². The van der Waals surface area contributed by atoms with E-state index in [-0.39, 0.29) is 5.69 Å². The minimum absolute atomic E-state index is 0.176. The molecule has 1 N–H and O–H groups in total. The molecule has 0 unspecified atom stereocenters. The second-order valence-electron chi connectivity index (χ2n) is 3.56. The third-order valence-electron chi connectivity index (χ3n) is 2.31. The maximum atomic E-state index is 11.2. The first-order valence-electron chi connectivity index (χ1n) is 5.21. The lowest BCUT2D eigenvalue weighted by Gasteiger charge is -2.01. The summed E-state index contributed by atoms with van der Waals surface area (Å²) in [6, 6.07) is 0. The Morgan fingerprint density at radius 3 is 2.61 bits per heavy atom. The molecule has 0 atom stereocenters. The van der Waals surface area contributed by atoms with Gasteiger partial charge in [-0.3, -0.25) is 0 Å². The highest BCUT2D eigenvalue weighted by molar-refractivity contribution is 7.15. The van der Waals surface area contributed by atoms with Gasteiger partial charge in [0.2, 0.25) is 0 Å². The third kappa shape index (κ3) is 2.62. The molecule has 18 heavy (non-hydrogen) atoms. The predicted octanol–water partition coefficient (Wildman–Crippen LogP) is 2.08. The van der Waals surface area contributed by atoms with Crippen LogP contribution in [0.1, 0.15) is 21.1 Å². The number of nitrogens with one attached hydrogen (secondary N) is 1. The molecule has 2 heterocycles. The molecule has 0 aromatic carbocycles. The lowest BCUT2D eigenvalue weighted by atomic mass is 10.4. The van der Waals surface area contributed by atoms with Gasteiger partial charge in [-0.15, -0.1) is 11.3 Å². The maximum Gasteiger partial charge on any atom is 0.358 e. The summed E-state index contributed by atoms with van der Waals surface area (Å²) in [7, 11) is 1.30. The summed E-state index contributed by atoms with van der Waals surface area (Å²) in [5.74, 6) is 0.0337. The highest BCUT2D eigenvalue weighted by Gasteiger charge is 2.08. The van der Waals surface area contributed by atoms with Crippen LogP contribution in [0.3, 0.4) is 0 Å². The smallest absolute Gasteiger partial charge is 0.358 e. The predicted molar refractivity (Wildman–Crippen MR) is 68.2 cm³/mol. The normalized spacial score (nSPS) is 10.2. The van der Waals surface area contributed by atoms with Crippen molar-refractivity contribution < 1.29 is 9.53 Å². The summed E-state index contributed by atoms with van der Waals surface area (Å²) in [5.41, 5.74) is 1.16. The molecule has 6 nitrogen and oxygen atoms in total. The zero-order valence-electron chi connectivity index (χ0n) is 10.2. The van der Waals surface area contributed by atoms with E-state index >= 15 is 0 Å². The fourth-order valence-corrected chi connectivity index (χ4v) is 2.06. The van der Waals surface area contributed by atoms with Crippen LogP contribution in [0.25, 0.3) is 0 Å². The SMILES string of the molecule is COC(=O)c1cnc(Nc2nc(C)c(C)s2)cn1. The summed E-state index contributed by atoms with van der Waals surface area (Å²) in [6.45, 7) is 3.95. The van der Waals surface area contributed by atoms with Gasteiger partial charge < -0.3 is 10.1 Å². The van der Waals surface area contributed by atoms with Gasteiger partial charge >= 0.3 is 5.97 Å². The molecule has 0 aliphatic heterocycles. The zero-order chi connectivity index (χ0) is 13.1. The van der Waals surface area contributed by atoms with Crippen molar-refractivity contribution in [2.75, 3.05) is 12.4 Å². The van der Waals surface area contributed by atoms with Gasteiger partial charge in [0, 0.05) is 4.88 Å². The molecule has 2 aromatic heterocycles. The van der Waals surface area contributed by atoms with Crippen LogP contribution < -0.4 is 5.32 Å². The Labute approximate surface area is 108 Å². The Bertz CT molecular complexity index is 545. The first kappa shape index (κ1) is 12.4. The molecule has 2 rings (SSSR count). The Hall–Kier alpha value is -2.02. The molecule has 0 radical (unpaired) electrons. The van der Waals surface area contributed by atoms with Crippen LogP contribution in [0.5, 0.6) is 0 Å². The molecule has 7 heteroatoms. The Kier molecular flexibility index (Phi) is 3.52. The number of hydrogen-bond donors (Lipinski definition) is 1. The van der Waals surface area contributed by atoms with Crippen LogP contribution in [0.2, 0.25) is 0 Å². The van der Waals surface area contributed by atoms with Gasteiger partial charge in [-0.05, 0) is 13.8 Å². The van der Waals surface area contributed by atoms with Crippen molar-refractivity contribution >= 4 is 28.3 Å². The number of thiazole rings is 1. The molecule has 0 spiro atoms.